The summed E-state index contributed by atoms with van der Waals surface area (Å²) in [5.74, 6) is -0.414. The molecule has 1 aromatic rings. The van der Waals surface area contributed by atoms with Crippen LogP contribution in [0.2, 0.25) is 0 Å². The van der Waals surface area contributed by atoms with Gasteiger partial charge in [-0.1, -0.05) is 105 Å². The number of amides is 2. The smallest absolute Gasteiger partial charge is 0.233 e. The first-order valence-electron chi connectivity index (χ1n) is 15.1. The second kappa shape index (κ2) is 12.5. The predicted molar refractivity (Wildman–Crippen MR) is 166 cm³/mol. The number of benzene rings is 1. The summed E-state index contributed by atoms with van der Waals surface area (Å²) >= 11 is 0. The number of hydrogen-bond donors (Lipinski definition) is 1. The summed E-state index contributed by atoms with van der Waals surface area (Å²) in [5.41, 5.74) is 2.43. The Morgan fingerprint density at radius 1 is 0.975 bits per heavy atom. The van der Waals surface area contributed by atoms with E-state index in [-0.39, 0.29) is 45.8 Å². The maximum atomic E-state index is 13.2. The number of likely N-dealkylation sites (tertiary alicyclic amines) is 1. The molecule has 5 nitrogen and oxygen atoms in total. The van der Waals surface area contributed by atoms with Crippen LogP contribution in [-0.2, 0) is 9.59 Å². The summed E-state index contributed by atoms with van der Waals surface area (Å²) in [4.78, 5) is 27.5. The fraction of sp³-hybridized carbons (Fsp3) is 0.714. The average molecular weight is 556 g/mol. The minimum absolute atomic E-state index is 0.00572. The molecule has 1 heterocycles. The van der Waals surface area contributed by atoms with Gasteiger partial charge in [0.2, 0.25) is 11.8 Å². The fourth-order valence-electron chi connectivity index (χ4n) is 6.04. The van der Waals surface area contributed by atoms with E-state index in [9.17, 15) is 14.7 Å². The molecule has 0 spiro atoms. The van der Waals surface area contributed by atoms with Gasteiger partial charge < -0.3 is 9.59 Å². The van der Waals surface area contributed by atoms with E-state index < -0.39 is 6.10 Å². The van der Waals surface area contributed by atoms with Crippen molar-refractivity contribution in [2.24, 2.45) is 27.6 Å². The van der Waals surface area contributed by atoms with Gasteiger partial charge in [-0.05, 0) is 46.5 Å². The van der Waals surface area contributed by atoms with E-state index in [1.807, 2.05) is 30.3 Å². The van der Waals surface area contributed by atoms with E-state index in [0.29, 0.717) is 30.4 Å². The molecule has 0 saturated carbocycles. The van der Waals surface area contributed by atoms with E-state index in [4.69, 9.17) is 0 Å². The predicted octanol–water partition coefficient (Wildman–Crippen LogP) is 7.41. The molecule has 40 heavy (non-hydrogen) atoms. The number of carbonyl (C=O) groups excluding carboxylic acids is 2. The second-order valence-corrected chi connectivity index (χ2v) is 16.1. The molecule has 1 saturated heterocycles. The first kappa shape index (κ1) is 34.2. The summed E-state index contributed by atoms with van der Waals surface area (Å²) in [6.07, 6.45) is 2.96. The van der Waals surface area contributed by atoms with Crippen LogP contribution >= 0.6 is 0 Å². The van der Waals surface area contributed by atoms with Gasteiger partial charge in [0.1, 0.15) is 12.6 Å². The SMILES string of the molecule is C=C(CC1CC(=O)N(CCC[N+](C)(C)CC(O)c2ccccc2)C1=O)CC(C)(C)C(C)(C)CC(C)(C)C(C)(C)C. The van der Waals surface area contributed by atoms with Crippen molar-refractivity contribution in [1.82, 2.24) is 4.90 Å². The lowest BCUT2D eigenvalue weighted by Crippen LogP contribution is -2.45. The summed E-state index contributed by atoms with van der Waals surface area (Å²) in [7, 11) is 4.16. The van der Waals surface area contributed by atoms with Crippen molar-refractivity contribution in [1.29, 1.82) is 0 Å². The van der Waals surface area contributed by atoms with Crippen molar-refractivity contribution in [2.75, 3.05) is 33.7 Å². The zero-order chi connectivity index (χ0) is 30.7. The lowest BCUT2D eigenvalue weighted by Gasteiger charge is -2.50. The number of rotatable bonds is 14. The van der Waals surface area contributed by atoms with E-state index in [2.05, 4.69) is 83.0 Å². The Labute approximate surface area is 245 Å². The Morgan fingerprint density at radius 3 is 2.10 bits per heavy atom. The van der Waals surface area contributed by atoms with Gasteiger partial charge in [-0.15, -0.1) is 0 Å². The number of carbonyl (C=O) groups is 2. The third-order valence-corrected chi connectivity index (χ3v) is 10.3. The molecule has 1 aliphatic rings. The van der Waals surface area contributed by atoms with Crippen molar-refractivity contribution in [3.05, 3.63) is 48.0 Å². The third kappa shape index (κ3) is 8.76. The quantitative estimate of drug-likeness (QED) is 0.148. The number of hydrogen-bond acceptors (Lipinski definition) is 3. The zero-order valence-corrected chi connectivity index (χ0v) is 27.6. The van der Waals surface area contributed by atoms with Crippen LogP contribution in [0.1, 0.15) is 106 Å². The average Bonchev–Trinajstić information content (AvgIpc) is 3.04. The Balaban J connectivity index is 1.91. The Bertz CT molecular complexity index is 1030. The number of aliphatic hydroxyl groups is 1. The maximum Gasteiger partial charge on any atom is 0.233 e. The van der Waals surface area contributed by atoms with Crippen LogP contribution < -0.4 is 0 Å². The van der Waals surface area contributed by atoms with Crippen molar-refractivity contribution >= 4 is 11.8 Å². The van der Waals surface area contributed by atoms with Crippen LogP contribution in [0, 0.1) is 27.6 Å². The Morgan fingerprint density at radius 2 is 1.55 bits per heavy atom. The Kier molecular flexibility index (Phi) is 10.7. The van der Waals surface area contributed by atoms with Crippen LogP contribution in [0.15, 0.2) is 42.5 Å². The standard InChI is InChI=1S/C35H59N2O3/c1-26(23-33(5,6)35(9,10)25-34(7,8)32(2,3)4)21-28-22-30(39)36(31(28)40)19-16-20-37(11,12)24-29(38)27-17-14-13-15-18-27/h13-15,17-18,28-29,38H,1,16,19-25H2,2-12H3/q+1. The van der Waals surface area contributed by atoms with Gasteiger partial charge in [0.05, 0.1) is 26.6 Å². The van der Waals surface area contributed by atoms with Gasteiger partial charge >= 0.3 is 0 Å². The van der Waals surface area contributed by atoms with E-state index >= 15 is 0 Å². The zero-order valence-electron chi connectivity index (χ0n) is 27.6. The minimum Gasteiger partial charge on any atom is -0.382 e. The number of likely N-dealkylation sites (N-methyl/N-ethyl adjacent to an activating group) is 1. The van der Waals surface area contributed by atoms with Crippen LogP contribution in [0.4, 0.5) is 0 Å². The van der Waals surface area contributed by atoms with Crippen LogP contribution in [0.5, 0.6) is 0 Å². The topological polar surface area (TPSA) is 57.6 Å². The molecule has 1 aromatic carbocycles. The molecule has 1 N–H and O–H groups in total. The summed E-state index contributed by atoms with van der Waals surface area (Å²) in [6, 6.07) is 9.69. The van der Waals surface area contributed by atoms with Gasteiger partial charge in [-0.25, -0.2) is 0 Å². The first-order valence-corrected chi connectivity index (χ1v) is 15.1. The summed E-state index contributed by atoms with van der Waals surface area (Å²) in [6.45, 7) is 27.2. The second-order valence-electron chi connectivity index (χ2n) is 16.1. The highest BCUT2D eigenvalue weighted by Crippen LogP contribution is 2.54. The molecule has 226 valence electrons. The van der Waals surface area contributed by atoms with Crippen molar-refractivity contribution < 1.29 is 19.2 Å². The third-order valence-electron chi connectivity index (χ3n) is 10.3. The lowest BCUT2D eigenvalue weighted by atomic mass is 9.55. The number of quaternary nitrogens is 1. The number of aliphatic hydroxyl groups excluding tert-OH is 1. The summed E-state index contributed by atoms with van der Waals surface area (Å²) in [5, 5.41) is 10.6. The lowest BCUT2D eigenvalue weighted by molar-refractivity contribution is -0.894. The molecular weight excluding hydrogens is 496 g/mol. The molecule has 2 rings (SSSR count). The molecule has 5 heteroatoms. The van der Waals surface area contributed by atoms with Crippen LogP contribution in [0.25, 0.3) is 0 Å². The van der Waals surface area contributed by atoms with Gasteiger partial charge in [0, 0.05) is 19.4 Å². The van der Waals surface area contributed by atoms with E-state index in [1.165, 1.54) is 4.90 Å². The molecule has 1 fully saturated rings. The number of nitrogens with zero attached hydrogens (tertiary/aromatic N) is 2. The molecule has 0 aliphatic carbocycles. The summed E-state index contributed by atoms with van der Waals surface area (Å²) < 4.78 is 0.614. The molecule has 0 radical (unpaired) electrons. The van der Waals surface area contributed by atoms with Crippen LogP contribution in [0.3, 0.4) is 0 Å². The normalized spacial score (nSPS) is 18.4. The molecule has 0 bridgehead atoms. The van der Waals surface area contributed by atoms with Gasteiger partial charge in [-0.2, -0.15) is 0 Å². The highest BCUT2D eigenvalue weighted by atomic mass is 16.3. The number of allylic oxidation sites excluding steroid dienone is 1. The largest absolute Gasteiger partial charge is 0.382 e. The molecular formula is C35H59N2O3+. The fourth-order valence-corrected chi connectivity index (χ4v) is 6.04. The minimum atomic E-state index is -0.546. The van der Waals surface area contributed by atoms with Crippen molar-refractivity contribution in [3.8, 4) is 0 Å². The maximum absolute atomic E-state index is 13.2. The van der Waals surface area contributed by atoms with Crippen molar-refractivity contribution in [2.45, 2.75) is 101 Å². The van der Waals surface area contributed by atoms with Crippen molar-refractivity contribution in [3.63, 3.8) is 0 Å². The molecule has 2 amide bonds. The van der Waals surface area contributed by atoms with Gasteiger partial charge in [0.25, 0.3) is 0 Å². The van der Waals surface area contributed by atoms with E-state index in [0.717, 1.165) is 30.5 Å². The van der Waals surface area contributed by atoms with Crippen LogP contribution in [-0.4, -0.2) is 60.0 Å². The first-order chi connectivity index (χ1) is 18.1. The highest BCUT2D eigenvalue weighted by molar-refractivity contribution is 6.03. The molecule has 2 unspecified atom stereocenters. The molecule has 2 atom stereocenters. The highest BCUT2D eigenvalue weighted by Gasteiger charge is 2.45. The monoisotopic (exact) mass is 555 g/mol. The Hall–Kier alpha value is -1.98. The van der Waals surface area contributed by atoms with E-state index in [1.54, 1.807) is 0 Å². The molecule has 0 aromatic heterocycles. The van der Waals surface area contributed by atoms with Gasteiger partial charge in [0.15, 0.2) is 0 Å². The number of imide groups is 1. The van der Waals surface area contributed by atoms with Gasteiger partial charge in [-0.3, -0.25) is 14.5 Å². The molecule has 1 aliphatic heterocycles.